The van der Waals surface area contributed by atoms with E-state index in [-0.39, 0.29) is 35.0 Å². The van der Waals surface area contributed by atoms with Gasteiger partial charge in [0, 0.05) is 6.54 Å². The molecule has 6 heteroatoms. The van der Waals surface area contributed by atoms with Crippen molar-refractivity contribution in [1.29, 1.82) is 0 Å². The lowest BCUT2D eigenvalue weighted by Crippen LogP contribution is -2.32. The summed E-state index contributed by atoms with van der Waals surface area (Å²) in [4.78, 5) is 23.2. The lowest BCUT2D eigenvalue weighted by Gasteiger charge is -2.24. The fourth-order valence-corrected chi connectivity index (χ4v) is 2.18. The Morgan fingerprint density at radius 1 is 1.38 bits per heavy atom. The summed E-state index contributed by atoms with van der Waals surface area (Å²) in [5, 5.41) is 11.9. The van der Waals surface area contributed by atoms with Gasteiger partial charge >= 0.3 is 5.97 Å². The fraction of sp³-hybridized carbons (Fsp3) is 0.467. The largest absolute Gasteiger partial charge is 0.478 e. The second-order valence-electron chi connectivity index (χ2n) is 6.19. The Balaban J connectivity index is 2.91. The first-order valence-corrected chi connectivity index (χ1v) is 7.05. The highest BCUT2D eigenvalue weighted by atomic mass is 35.5. The van der Waals surface area contributed by atoms with E-state index in [0.29, 0.717) is 11.4 Å². The number of nitrogens with one attached hydrogen (secondary N) is 1. The van der Waals surface area contributed by atoms with Gasteiger partial charge in [0.2, 0.25) is 5.91 Å². The van der Waals surface area contributed by atoms with Crippen LogP contribution in [0.15, 0.2) is 18.2 Å². The molecule has 0 aliphatic rings. The number of amides is 1. The summed E-state index contributed by atoms with van der Waals surface area (Å²) in [5.41, 5.74) is 5.98. The molecular formula is C15H21ClN2O3. The highest BCUT2D eigenvalue weighted by molar-refractivity contribution is 6.33. The first-order chi connectivity index (χ1) is 9.64. The number of rotatable bonds is 5. The van der Waals surface area contributed by atoms with E-state index in [1.54, 1.807) is 0 Å². The summed E-state index contributed by atoms with van der Waals surface area (Å²) >= 11 is 5.99. The minimum Gasteiger partial charge on any atom is -0.478 e. The topological polar surface area (TPSA) is 92.4 Å². The number of hydrogen-bond acceptors (Lipinski definition) is 3. The van der Waals surface area contributed by atoms with E-state index in [2.05, 4.69) is 5.32 Å². The molecule has 0 aliphatic carbocycles. The first-order valence-electron chi connectivity index (χ1n) is 6.68. The molecule has 1 unspecified atom stereocenters. The van der Waals surface area contributed by atoms with Gasteiger partial charge in [-0.1, -0.05) is 32.4 Å². The number of carbonyl (C=O) groups excluding carboxylic acids is 1. The summed E-state index contributed by atoms with van der Waals surface area (Å²) in [6, 6.07) is 4.17. The molecule has 0 aromatic heterocycles. The van der Waals surface area contributed by atoms with Crippen LogP contribution in [-0.2, 0) is 4.79 Å². The molecule has 1 aromatic carbocycles. The molecule has 116 valence electrons. The van der Waals surface area contributed by atoms with Crippen molar-refractivity contribution in [2.45, 2.75) is 27.2 Å². The molecule has 0 spiro atoms. The molecule has 4 N–H and O–H groups in total. The summed E-state index contributed by atoms with van der Waals surface area (Å²) < 4.78 is 0. The number of carboxylic acids is 1. The van der Waals surface area contributed by atoms with Crippen molar-refractivity contribution < 1.29 is 14.7 Å². The predicted octanol–water partition coefficient (Wildman–Crippen LogP) is 2.99. The minimum absolute atomic E-state index is 0.0336. The molecule has 0 saturated carbocycles. The number of halogens is 1. The Morgan fingerprint density at radius 3 is 2.48 bits per heavy atom. The molecule has 0 radical (unpaired) electrons. The van der Waals surface area contributed by atoms with Gasteiger partial charge in [-0.05, 0) is 30.0 Å². The number of hydrogen-bond donors (Lipinski definition) is 3. The van der Waals surface area contributed by atoms with Gasteiger partial charge in [-0.3, -0.25) is 4.79 Å². The van der Waals surface area contributed by atoms with Gasteiger partial charge in [0.25, 0.3) is 0 Å². The van der Waals surface area contributed by atoms with Gasteiger partial charge in [0.15, 0.2) is 0 Å². The van der Waals surface area contributed by atoms with Crippen LogP contribution in [0.2, 0.25) is 5.02 Å². The summed E-state index contributed by atoms with van der Waals surface area (Å²) in [6.07, 6.45) is 0.631. The molecule has 1 aromatic rings. The summed E-state index contributed by atoms with van der Waals surface area (Å²) in [5.74, 6) is -1.68. The van der Waals surface area contributed by atoms with Crippen molar-refractivity contribution in [2.24, 2.45) is 17.1 Å². The van der Waals surface area contributed by atoms with E-state index >= 15 is 0 Å². The maximum atomic E-state index is 12.3. The van der Waals surface area contributed by atoms with Gasteiger partial charge < -0.3 is 16.2 Å². The second kappa shape index (κ2) is 6.91. The molecule has 1 amide bonds. The van der Waals surface area contributed by atoms with Crippen molar-refractivity contribution in [3.8, 4) is 0 Å². The maximum absolute atomic E-state index is 12.3. The highest BCUT2D eigenvalue weighted by Crippen LogP contribution is 2.27. The smallest absolute Gasteiger partial charge is 0.335 e. The number of aromatic carboxylic acids is 1. The SMILES string of the molecule is CC(C)(C)CC(CN)C(=O)Nc1cc(C(=O)O)ccc1Cl. The molecule has 0 heterocycles. The van der Waals surface area contributed by atoms with E-state index in [9.17, 15) is 9.59 Å². The zero-order valence-corrected chi connectivity index (χ0v) is 13.2. The Hall–Kier alpha value is -1.59. The highest BCUT2D eigenvalue weighted by Gasteiger charge is 2.24. The van der Waals surface area contributed by atoms with Crippen LogP contribution in [0.4, 0.5) is 5.69 Å². The molecule has 0 fully saturated rings. The molecule has 1 atom stereocenters. The molecule has 21 heavy (non-hydrogen) atoms. The number of nitrogens with two attached hydrogens (primary N) is 1. The monoisotopic (exact) mass is 312 g/mol. The van der Waals surface area contributed by atoms with Crippen molar-refractivity contribution in [1.82, 2.24) is 0 Å². The van der Waals surface area contributed by atoms with Crippen LogP contribution in [0.5, 0.6) is 0 Å². The molecule has 0 aliphatic heterocycles. The lowest BCUT2D eigenvalue weighted by molar-refractivity contribution is -0.120. The van der Waals surface area contributed by atoms with Gasteiger partial charge in [-0.2, -0.15) is 0 Å². The normalized spacial score (nSPS) is 12.8. The van der Waals surface area contributed by atoms with Crippen molar-refractivity contribution >= 4 is 29.2 Å². The molecule has 0 saturated heterocycles. The second-order valence-corrected chi connectivity index (χ2v) is 6.59. The lowest BCUT2D eigenvalue weighted by atomic mass is 9.84. The average Bonchev–Trinajstić information content (AvgIpc) is 2.37. The van der Waals surface area contributed by atoms with Crippen LogP contribution in [0, 0.1) is 11.3 Å². The summed E-state index contributed by atoms with van der Waals surface area (Å²) in [7, 11) is 0. The van der Waals surface area contributed by atoms with Crippen LogP contribution < -0.4 is 11.1 Å². The molecule has 0 bridgehead atoms. The minimum atomic E-state index is -1.08. The maximum Gasteiger partial charge on any atom is 0.335 e. The number of carboxylic acid groups (broad SMARTS) is 1. The Kier molecular flexibility index (Phi) is 5.75. The standard InChI is InChI=1S/C15H21ClN2O3/c1-15(2,3)7-10(8-17)13(19)18-12-6-9(14(20)21)4-5-11(12)16/h4-6,10H,7-8,17H2,1-3H3,(H,18,19)(H,20,21). The Morgan fingerprint density at radius 2 is 2.00 bits per heavy atom. The average molecular weight is 313 g/mol. The van der Waals surface area contributed by atoms with Gasteiger partial charge in [-0.15, -0.1) is 0 Å². The van der Waals surface area contributed by atoms with Crippen molar-refractivity contribution in [3.63, 3.8) is 0 Å². The van der Waals surface area contributed by atoms with Crippen LogP contribution >= 0.6 is 11.6 Å². The first kappa shape index (κ1) is 17.5. The summed E-state index contributed by atoms with van der Waals surface area (Å²) in [6.45, 7) is 6.31. The zero-order chi connectivity index (χ0) is 16.2. The fourth-order valence-electron chi connectivity index (χ4n) is 2.01. The Bertz CT molecular complexity index is 538. The van der Waals surface area contributed by atoms with E-state index in [0.717, 1.165) is 0 Å². The molecular weight excluding hydrogens is 292 g/mol. The van der Waals surface area contributed by atoms with Crippen LogP contribution in [-0.4, -0.2) is 23.5 Å². The molecule has 1 rings (SSSR count). The number of carbonyl (C=O) groups is 2. The number of anilines is 1. The van der Waals surface area contributed by atoms with E-state index in [1.807, 2.05) is 20.8 Å². The van der Waals surface area contributed by atoms with Crippen LogP contribution in [0.3, 0.4) is 0 Å². The van der Waals surface area contributed by atoms with E-state index in [1.165, 1.54) is 18.2 Å². The quantitative estimate of drug-likeness (QED) is 0.779. The van der Waals surface area contributed by atoms with Gasteiger partial charge in [0.05, 0.1) is 22.2 Å². The van der Waals surface area contributed by atoms with Crippen LogP contribution in [0.25, 0.3) is 0 Å². The zero-order valence-electron chi connectivity index (χ0n) is 12.4. The van der Waals surface area contributed by atoms with Crippen LogP contribution in [0.1, 0.15) is 37.6 Å². The van der Waals surface area contributed by atoms with E-state index in [4.69, 9.17) is 22.4 Å². The van der Waals surface area contributed by atoms with Crippen molar-refractivity contribution in [3.05, 3.63) is 28.8 Å². The van der Waals surface area contributed by atoms with Gasteiger partial charge in [-0.25, -0.2) is 4.79 Å². The van der Waals surface area contributed by atoms with Crippen molar-refractivity contribution in [2.75, 3.05) is 11.9 Å². The van der Waals surface area contributed by atoms with Gasteiger partial charge in [0.1, 0.15) is 0 Å². The molecule has 5 nitrogen and oxygen atoms in total. The third-order valence-electron chi connectivity index (χ3n) is 2.99. The number of benzene rings is 1. The third-order valence-corrected chi connectivity index (χ3v) is 3.31. The third kappa shape index (κ3) is 5.36. The predicted molar refractivity (Wildman–Crippen MR) is 83.7 cm³/mol. The van der Waals surface area contributed by atoms with E-state index < -0.39 is 5.97 Å². The Labute approximate surface area is 129 Å².